The summed E-state index contributed by atoms with van der Waals surface area (Å²) >= 11 is 0. The fourth-order valence-corrected chi connectivity index (χ4v) is 4.71. The van der Waals surface area contributed by atoms with E-state index in [1.165, 1.54) is 37.1 Å². The monoisotopic (exact) mass is 374 g/mol. The second-order valence-corrected chi connectivity index (χ2v) is 8.11. The Labute approximate surface area is 158 Å². The summed E-state index contributed by atoms with van der Waals surface area (Å²) in [4.78, 5) is 26.6. The Kier molecular flexibility index (Phi) is 5.29. The number of benzene rings is 1. The number of nitrogens with zero attached hydrogens (tertiary/aromatic N) is 1. The molecule has 7 heteroatoms. The highest BCUT2D eigenvalue weighted by molar-refractivity contribution is 5.89. The van der Waals surface area contributed by atoms with Crippen LogP contribution in [0.3, 0.4) is 0 Å². The maximum absolute atomic E-state index is 12.9. The molecule has 0 spiro atoms. The van der Waals surface area contributed by atoms with Crippen LogP contribution >= 0.6 is 0 Å². The number of hydrogen-bond acceptors (Lipinski definition) is 3. The molecular formula is C20H27FN4O2. The second kappa shape index (κ2) is 7.84. The number of anilines is 1. The number of rotatable bonds is 4. The van der Waals surface area contributed by atoms with E-state index in [0.29, 0.717) is 43.2 Å². The number of halogens is 1. The van der Waals surface area contributed by atoms with Gasteiger partial charge in [-0.25, -0.2) is 9.18 Å². The maximum Gasteiger partial charge on any atom is 0.319 e. The van der Waals surface area contributed by atoms with E-state index in [1.807, 2.05) is 4.90 Å². The lowest BCUT2D eigenvalue weighted by Crippen LogP contribution is -2.42. The lowest BCUT2D eigenvalue weighted by Gasteiger charge is -2.30. The van der Waals surface area contributed by atoms with E-state index in [4.69, 9.17) is 0 Å². The van der Waals surface area contributed by atoms with Gasteiger partial charge in [-0.05, 0) is 62.3 Å². The summed E-state index contributed by atoms with van der Waals surface area (Å²) in [7, 11) is 0. The Morgan fingerprint density at radius 2 is 1.81 bits per heavy atom. The Balaban J connectivity index is 1.21. The molecule has 3 saturated heterocycles. The van der Waals surface area contributed by atoms with Gasteiger partial charge in [0.2, 0.25) is 5.91 Å². The van der Waals surface area contributed by atoms with E-state index >= 15 is 0 Å². The number of fused-ring (bicyclic) bond motifs is 2. The topological polar surface area (TPSA) is 73.5 Å². The van der Waals surface area contributed by atoms with E-state index in [1.54, 1.807) is 0 Å². The number of likely N-dealkylation sites (tertiary alicyclic amines) is 1. The van der Waals surface area contributed by atoms with Crippen molar-refractivity contribution >= 4 is 17.6 Å². The first-order valence-corrected chi connectivity index (χ1v) is 9.92. The van der Waals surface area contributed by atoms with Crippen molar-refractivity contribution in [3.05, 3.63) is 30.1 Å². The molecule has 3 heterocycles. The molecule has 6 nitrogen and oxygen atoms in total. The van der Waals surface area contributed by atoms with Gasteiger partial charge >= 0.3 is 6.03 Å². The summed E-state index contributed by atoms with van der Waals surface area (Å²) in [5, 5.41) is 9.22. The molecule has 1 aromatic carbocycles. The first-order valence-electron chi connectivity index (χ1n) is 9.92. The summed E-state index contributed by atoms with van der Waals surface area (Å²) < 4.78 is 12.9. The van der Waals surface area contributed by atoms with E-state index < -0.39 is 0 Å². The molecule has 146 valence electrons. The van der Waals surface area contributed by atoms with Crippen molar-refractivity contribution in [1.82, 2.24) is 15.5 Å². The van der Waals surface area contributed by atoms with Crippen LogP contribution in [0.1, 0.15) is 38.5 Å². The Bertz CT molecular complexity index is 684. The predicted molar refractivity (Wildman–Crippen MR) is 101 cm³/mol. The number of urea groups is 1. The van der Waals surface area contributed by atoms with Gasteiger partial charge in [0, 0.05) is 43.3 Å². The molecule has 1 aromatic rings. The van der Waals surface area contributed by atoms with Crippen LogP contribution < -0.4 is 16.0 Å². The average Bonchev–Trinajstić information content (AvgIpc) is 3.23. The van der Waals surface area contributed by atoms with Gasteiger partial charge in [0.05, 0.1) is 0 Å². The fraction of sp³-hybridized carbons (Fsp3) is 0.600. The summed E-state index contributed by atoms with van der Waals surface area (Å²) in [5.74, 6) is 0.363. The van der Waals surface area contributed by atoms with Gasteiger partial charge in [0.15, 0.2) is 0 Å². The van der Waals surface area contributed by atoms with Gasteiger partial charge in [-0.3, -0.25) is 4.79 Å². The molecule has 0 saturated carbocycles. The minimum Gasteiger partial charge on any atom is -0.341 e. The van der Waals surface area contributed by atoms with Crippen LogP contribution in [0.4, 0.5) is 14.9 Å². The average molecular weight is 374 g/mol. The molecule has 0 radical (unpaired) electrons. The van der Waals surface area contributed by atoms with Gasteiger partial charge in [-0.15, -0.1) is 0 Å². The zero-order chi connectivity index (χ0) is 18.8. The van der Waals surface area contributed by atoms with Crippen molar-refractivity contribution < 1.29 is 14.0 Å². The highest BCUT2D eigenvalue weighted by Gasteiger charge is 2.36. The van der Waals surface area contributed by atoms with Crippen LogP contribution in [-0.2, 0) is 4.79 Å². The van der Waals surface area contributed by atoms with Gasteiger partial charge < -0.3 is 20.9 Å². The van der Waals surface area contributed by atoms with Crippen LogP contribution in [0, 0.1) is 11.7 Å². The maximum atomic E-state index is 12.9. The number of hydrogen-bond donors (Lipinski definition) is 3. The van der Waals surface area contributed by atoms with Crippen LogP contribution in [0.25, 0.3) is 0 Å². The molecule has 2 bridgehead atoms. The third kappa shape index (κ3) is 4.58. The SMILES string of the molecule is O=C(Nc1ccc(F)cc1)NC1CCN(C(=O)CC2CC3CCC(C2)N3)C1. The van der Waals surface area contributed by atoms with Gasteiger partial charge in [0.25, 0.3) is 0 Å². The van der Waals surface area contributed by atoms with Gasteiger partial charge in [-0.2, -0.15) is 0 Å². The summed E-state index contributed by atoms with van der Waals surface area (Å²) in [6.07, 6.45) is 6.10. The van der Waals surface area contributed by atoms with E-state index in [0.717, 1.165) is 19.3 Å². The second-order valence-electron chi connectivity index (χ2n) is 8.11. The molecule has 0 aromatic heterocycles. The van der Waals surface area contributed by atoms with Crippen molar-refractivity contribution in [3.63, 3.8) is 0 Å². The quantitative estimate of drug-likeness (QED) is 0.758. The number of piperidine rings is 1. The minimum atomic E-state index is -0.340. The highest BCUT2D eigenvalue weighted by atomic mass is 19.1. The zero-order valence-electron chi connectivity index (χ0n) is 15.4. The number of amides is 3. The first kappa shape index (κ1) is 18.2. The summed E-state index contributed by atoms with van der Waals surface area (Å²) in [5.41, 5.74) is 0.542. The molecule has 3 aliphatic rings. The normalized spacial score (nSPS) is 29.6. The van der Waals surface area contributed by atoms with Crippen molar-refractivity contribution in [2.45, 2.75) is 56.7 Å². The van der Waals surface area contributed by atoms with E-state index in [-0.39, 0.29) is 23.8 Å². The van der Waals surface area contributed by atoms with E-state index in [2.05, 4.69) is 16.0 Å². The standard InChI is InChI=1S/C20H27FN4O2/c21-14-1-3-15(4-2-14)23-20(27)24-18-7-8-25(12-18)19(26)11-13-9-16-5-6-17(10-13)22-16/h1-4,13,16-18,22H,5-12H2,(H2,23,24,27). The lowest BCUT2D eigenvalue weighted by atomic mass is 9.89. The van der Waals surface area contributed by atoms with Crippen molar-refractivity contribution in [3.8, 4) is 0 Å². The zero-order valence-corrected chi connectivity index (χ0v) is 15.4. The Hall–Kier alpha value is -2.15. The molecule has 3 unspecified atom stereocenters. The summed E-state index contributed by atoms with van der Waals surface area (Å²) in [6.45, 7) is 1.26. The van der Waals surface area contributed by atoms with Gasteiger partial charge in [0.1, 0.15) is 5.82 Å². The fourth-order valence-electron chi connectivity index (χ4n) is 4.71. The summed E-state index contributed by atoms with van der Waals surface area (Å²) in [6, 6.07) is 6.48. The van der Waals surface area contributed by atoms with Crippen molar-refractivity contribution in [2.75, 3.05) is 18.4 Å². The van der Waals surface area contributed by atoms with Crippen molar-refractivity contribution in [1.29, 1.82) is 0 Å². The smallest absolute Gasteiger partial charge is 0.319 e. The van der Waals surface area contributed by atoms with Crippen LogP contribution in [0.15, 0.2) is 24.3 Å². The van der Waals surface area contributed by atoms with Crippen LogP contribution in [0.2, 0.25) is 0 Å². The molecule has 27 heavy (non-hydrogen) atoms. The number of carbonyl (C=O) groups is 2. The Morgan fingerprint density at radius 3 is 2.52 bits per heavy atom. The third-order valence-electron chi connectivity index (χ3n) is 6.01. The van der Waals surface area contributed by atoms with Gasteiger partial charge in [-0.1, -0.05) is 0 Å². The van der Waals surface area contributed by atoms with Crippen LogP contribution in [0.5, 0.6) is 0 Å². The molecule has 0 aliphatic carbocycles. The molecule has 3 atom stereocenters. The van der Waals surface area contributed by atoms with E-state index in [9.17, 15) is 14.0 Å². The molecule has 3 N–H and O–H groups in total. The molecule has 3 fully saturated rings. The molecular weight excluding hydrogens is 347 g/mol. The lowest BCUT2D eigenvalue weighted by molar-refractivity contribution is -0.131. The third-order valence-corrected chi connectivity index (χ3v) is 6.01. The molecule has 4 rings (SSSR count). The number of nitrogens with one attached hydrogen (secondary N) is 3. The minimum absolute atomic E-state index is 0.0430. The predicted octanol–water partition coefficient (Wildman–Crippen LogP) is 2.47. The highest BCUT2D eigenvalue weighted by Crippen LogP contribution is 2.33. The Morgan fingerprint density at radius 1 is 1.11 bits per heavy atom. The molecule has 3 amide bonds. The molecule has 3 aliphatic heterocycles. The van der Waals surface area contributed by atoms with Crippen molar-refractivity contribution in [2.24, 2.45) is 5.92 Å². The first-order chi connectivity index (χ1) is 13.0. The number of carbonyl (C=O) groups excluding carboxylic acids is 2. The van der Waals surface area contributed by atoms with Crippen LogP contribution in [-0.4, -0.2) is 48.1 Å². The largest absolute Gasteiger partial charge is 0.341 e.